The van der Waals surface area contributed by atoms with E-state index in [1.807, 2.05) is 39.0 Å². The molecule has 0 aliphatic carbocycles. The van der Waals surface area contributed by atoms with E-state index in [1.165, 1.54) is 5.56 Å². The van der Waals surface area contributed by atoms with E-state index in [4.69, 9.17) is 4.74 Å². The fourth-order valence-electron chi connectivity index (χ4n) is 2.01. The van der Waals surface area contributed by atoms with Gasteiger partial charge in [0.25, 0.3) is 0 Å². The Morgan fingerprint density at radius 3 is 2.62 bits per heavy atom. The van der Waals surface area contributed by atoms with Crippen molar-refractivity contribution in [2.45, 2.75) is 33.3 Å². The van der Waals surface area contributed by atoms with E-state index >= 15 is 0 Å². The molecule has 2 heteroatoms. The average molecular weight is 216 g/mol. The molecule has 1 heterocycles. The average Bonchev–Trinajstić information content (AvgIpc) is 2.60. The molecular formula is C14H16O2. The molecule has 0 saturated carbocycles. The molecule has 0 spiro atoms. The molecule has 1 aromatic rings. The van der Waals surface area contributed by atoms with E-state index in [-0.39, 0.29) is 12.1 Å². The molecule has 1 aromatic carbocycles. The minimum Gasteiger partial charge on any atom is -0.455 e. The number of carbonyl (C=O) groups is 1. The molecule has 2 nitrogen and oxygen atoms in total. The number of rotatable bonds is 2. The molecule has 0 radical (unpaired) electrons. The van der Waals surface area contributed by atoms with Gasteiger partial charge < -0.3 is 4.74 Å². The summed E-state index contributed by atoms with van der Waals surface area (Å²) in [5, 5.41) is 0. The zero-order valence-electron chi connectivity index (χ0n) is 9.91. The highest BCUT2D eigenvalue weighted by Crippen LogP contribution is 2.27. The van der Waals surface area contributed by atoms with Gasteiger partial charge in [-0.05, 0) is 37.5 Å². The number of ether oxygens (including phenoxy) is 1. The number of esters is 1. The maximum absolute atomic E-state index is 11.7. The summed E-state index contributed by atoms with van der Waals surface area (Å²) in [5.41, 5.74) is 4.04. The van der Waals surface area contributed by atoms with Gasteiger partial charge in [0.15, 0.2) is 0 Å². The largest absolute Gasteiger partial charge is 0.455 e. The van der Waals surface area contributed by atoms with E-state index in [0.717, 1.165) is 17.5 Å². The second kappa shape index (κ2) is 4.12. The third-order valence-corrected chi connectivity index (χ3v) is 2.91. The minimum atomic E-state index is -0.196. The van der Waals surface area contributed by atoms with Crippen LogP contribution in [0.25, 0.3) is 5.57 Å². The summed E-state index contributed by atoms with van der Waals surface area (Å²) in [5.74, 6) is -0.196. The number of benzene rings is 1. The highest BCUT2D eigenvalue weighted by molar-refractivity contribution is 6.18. The van der Waals surface area contributed by atoms with E-state index < -0.39 is 0 Å². The number of aryl methyl sites for hydroxylation is 2. The molecule has 0 fully saturated rings. The molecular weight excluding hydrogens is 200 g/mol. The van der Waals surface area contributed by atoms with Gasteiger partial charge in [-0.25, -0.2) is 4.79 Å². The Kier molecular flexibility index (Phi) is 2.82. The summed E-state index contributed by atoms with van der Waals surface area (Å²) in [6.07, 6.45) is 2.71. The maximum Gasteiger partial charge on any atom is 0.339 e. The monoisotopic (exact) mass is 216 g/mol. The number of hydrogen-bond acceptors (Lipinski definition) is 2. The van der Waals surface area contributed by atoms with Crippen molar-refractivity contribution in [2.75, 3.05) is 0 Å². The van der Waals surface area contributed by atoms with Crippen molar-refractivity contribution in [3.8, 4) is 0 Å². The van der Waals surface area contributed by atoms with Crippen molar-refractivity contribution in [3.63, 3.8) is 0 Å². The lowest BCUT2D eigenvalue weighted by molar-refractivity contribution is -0.137. The fourth-order valence-corrected chi connectivity index (χ4v) is 2.01. The first-order valence-electron chi connectivity index (χ1n) is 5.62. The Labute approximate surface area is 95.9 Å². The van der Waals surface area contributed by atoms with Crippen LogP contribution in [0.4, 0.5) is 0 Å². The zero-order valence-corrected chi connectivity index (χ0v) is 9.91. The van der Waals surface area contributed by atoms with Crippen molar-refractivity contribution in [1.29, 1.82) is 0 Å². The molecule has 16 heavy (non-hydrogen) atoms. The summed E-state index contributed by atoms with van der Waals surface area (Å²) in [4.78, 5) is 11.7. The van der Waals surface area contributed by atoms with E-state index in [0.29, 0.717) is 5.57 Å². The molecule has 0 amide bonds. The maximum atomic E-state index is 11.7. The lowest BCUT2D eigenvalue weighted by Gasteiger charge is -2.05. The van der Waals surface area contributed by atoms with Crippen molar-refractivity contribution in [3.05, 3.63) is 41.0 Å². The van der Waals surface area contributed by atoms with Crippen LogP contribution in [0.15, 0.2) is 24.3 Å². The standard InChI is InChI=1S/C14H16O2/c1-4-11-8-13(14(15)16-11)12-6-5-9(2)7-10(12)3/h5-8,11H,4H2,1-3H3. The van der Waals surface area contributed by atoms with E-state index in [1.54, 1.807) is 0 Å². The highest BCUT2D eigenvalue weighted by atomic mass is 16.5. The Morgan fingerprint density at radius 2 is 2.06 bits per heavy atom. The lowest BCUT2D eigenvalue weighted by atomic mass is 9.98. The zero-order chi connectivity index (χ0) is 11.7. The lowest BCUT2D eigenvalue weighted by Crippen LogP contribution is -2.06. The summed E-state index contributed by atoms with van der Waals surface area (Å²) >= 11 is 0. The van der Waals surface area contributed by atoms with Gasteiger partial charge in [0.05, 0.1) is 5.57 Å². The first-order valence-corrected chi connectivity index (χ1v) is 5.62. The second-order valence-electron chi connectivity index (χ2n) is 4.25. The van der Waals surface area contributed by atoms with Gasteiger partial charge in [-0.2, -0.15) is 0 Å². The van der Waals surface area contributed by atoms with E-state index in [2.05, 4.69) is 6.07 Å². The molecule has 1 unspecified atom stereocenters. The topological polar surface area (TPSA) is 26.3 Å². The third kappa shape index (κ3) is 1.87. The molecule has 1 atom stereocenters. The summed E-state index contributed by atoms with van der Waals surface area (Å²) in [6.45, 7) is 6.09. The van der Waals surface area contributed by atoms with Crippen LogP contribution in [-0.4, -0.2) is 12.1 Å². The number of hydrogen-bond donors (Lipinski definition) is 0. The van der Waals surface area contributed by atoms with Crippen LogP contribution in [0.1, 0.15) is 30.0 Å². The predicted octanol–water partition coefficient (Wildman–Crippen LogP) is 3.02. The summed E-state index contributed by atoms with van der Waals surface area (Å²) < 4.78 is 5.23. The van der Waals surface area contributed by atoms with Gasteiger partial charge in [0.2, 0.25) is 0 Å². The fraction of sp³-hybridized carbons (Fsp3) is 0.357. The molecule has 0 aromatic heterocycles. The summed E-state index contributed by atoms with van der Waals surface area (Å²) in [7, 11) is 0. The van der Waals surface area contributed by atoms with Gasteiger partial charge in [-0.1, -0.05) is 30.7 Å². The van der Waals surface area contributed by atoms with Gasteiger partial charge in [0.1, 0.15) is 6.10 Å². The quantitative estimate of drug-likeness (QED) is 0.710. The molecule has 0 saturated heterocycles. The van der Waals surface area contributed by atoms with Crippen molar-refractivity contribution in [2.24, 2.45) is 0 Å². The SMILES string of the molecule is CCC1C=C(c2ccc(C)cc2C)C(=O)O1. The van der Waals surface area contributed by atoms with Gasteiger partial charge in [0, 0.05) is 0 Å². The minimum absolute atomic E-state index is 0.0526. The number of cyclic esters (lactones) is 1. The van der Waals surface area contributed by atoms with Crippen LogP contribution in [-0.2, 0) is 9.53 Å². The van der Waals surface area contributed by atoms with E-state index in [9.17, 15) is 4.79 Å². The Hall–Kier alpha value is -1.57. The van der Waals surface area contributed by atoms with Crippen molar-refractivity contribution < 1.29 is 9.53 Å². The Bertz CT molecular complexity index is 458. The van der Waals surface area contributed by atoms with Crippen molar-refractivity contribution in [1.82, 2.24) is 0 Å². The predicted molar refractivity (Wildman–Crippen MR) is 64.1 cm³/mol. The molecule has 84 valence electrons. The van der Waals surface area contributed by atoms with Crippen LogP contribution < -0.4 is 0 Å². The smallest absolute Gasteiger partial charge is 0.339 e. The van der Waals surface area contributed by atoms with Crippen LogP contribution in [0, 0.1) is 13.8 Å². The molecule has 2 rings (SSSR count). The molecule has 1 aliphatic heterocycles. The summed E-state index contributed by atoms with van der Waals surface area (Å²) in [6, 6.07) is 6.11. The van der Waals surface area contributed by atoms with Gasteiger partial charge >= 0.3 is 5.97 Å². The molecule has 0 bridgehead atoms. The highest BCUT2D eigenvalue weighted by Gasteiger charge is 2.25. The number of carbonyl (C=O) groups excluding carboxylic acids is 1. The normalized spacial score (nSPS) is 19.6. The van der Waals surface area contributed by atoms with Crippen LogP contribution >= 0.6 is 0 Å². The van der Waals surface area contributed by atoms with Crippen LogP contribution in [0.2, 0.25) is 0 Å². The van der Waals surface area contributed by atoms with Crippen LogP contribution in [0.5, 0.6) is 0 Å². The third-order valence-electron chi connectivity index (χ3n) is 2.91. The van der Waals surface area contributed by atoms with Crippen LogP contribution in [0.3, 0.4) is 0 Å². The van der Waals surface area contributed by atoms with Gasteiger partial charge in [-0.15, -0.1) is 0 Å². The molecule has 0 N–H and O–H groups in total. The Balaban J connectivity index is 2.41. The van der Waals surface area contributed by atoms with Crippen molar-refractivity contribution >= 4 is 11.5 Å². The first kappa shape index (κ1) is 10.9. The van der Waals surface area contributed by atoms with Gasteiger partial charge in [-0.3, -0.25) is 0 Å². The second-order valence-corrected chi connectivity index (χ2v) is 4.25. The Morgan fingerprint density at radius 1 is 1.31 bits per heavy atom. The molecule has 1 aliphatic rings. The first-order chi connectivity index (χ1) is 7.61.